The quantitative estimate of drug-likeness (QED) is 0.912. The van der Waals surface area contributed by atoms with Crippen molar-refractivity contribution in [2.75, 3.05) is 0 Å². The summed E-state index contributed by atoms with van der Waals surface area (Å²) in [7, 11) is 1.79. The summed E-state index contributed by atoms with van der Waals surface area (Å²) in [6, 6.07) is 5.52. The van der Waals surface area contributed by atoms with Crippen LogP contribution < -0.4 is 0 Å². The first kappa shape index (κ1) is 13.0. The Bertz CT molecular complexity index is 601. The Morgan fingerprint density at radius 2 is 2.17 bits per heavy atom. The summed E-state index contributed by atoms with van der Waals surface area (Å²) in [6.45, 7) is 2.10. The largest absolute Gasteiger partial charge is 0.477 e. The number of carboxylic acids is 1. The van der Waals surface area contributed by atoms with Crippen molar-refractivity contribution in [2.45, 2.75) is 26.2 Å². The molecule has 0 aliphatic rings. The van der Waals surface area contributed by atoms with Crippen molar-refractivity contribution in [3.05, 3.63) is 34.5 Å². The van der Waals surface area contributed by atoms with Gasteiger partial charge in [-0.05, 0) is 36.6 Å². The molecule has 0 fully saturated rings. The van der Waals surface area contributed by atoms with Crippen LogP contribution in [-0.2, 0) is 13.5 Å². The van der Waals surface area contributed by atoms with Gasteiger partial charge in [-0.1, -0.05) is 24.9 Å². The lowest BCUT2D eigenvalue weighted by molar-refractivity contribution is 0.0686. The van der Waals surface area contributed by atoms with Gasteiger partial charge in [0, 0.05) is 23.0 Å². The molecule has 0 saturated heterocycles. The monoisotopic (exact) mass is 265 g/mol. The van der Waals surface area contributed by atoms with E-state index in [9.17, 15) is 9.90 Å². The molecule has 1 N–H and O–H groups in total. The van der Waals surface area contributed by atoms with Crippen molar-refractivity contribution in [1.82, 2.24) is 4.57 Å². The van der Waals surface area contributed by atoms with Crippen LogP contribution in [0.4, 0.5) is 0 Å². The Morgan fingerprint density at radius 1 is 1.44 bits per heavy atom. The predicted molar refractivity (Wildman–Crippen MR) is 73.5 cm³/mol. The fourth-order valence-corrected chi connectivity index (χ4v) is 2.54. The van der Waals surface area contributed by atoms with Gasteiger partial charge in [0.25, 0.3) is 0 Å². The molecule has 1 heterocycles. The third-order valence-corrected chi connectivity index (χ3v) is 3.48. The zero-order valence-corrected chi connectivity index (χ0v) is 11.3. The number of unbranched alkanes of at least 4 members (excludes halogenated alkanes) is 1. The molecule has 1 aromatic heterocycles. The van der Waals surface area contributed by atoms with Crippen molar-refractivity contribution < 1.29 is 9.90 Å². The standard InChI is InChI=1S/C14H16ClNO2/c1-3-4-5-10-11-8-9(15)6-7-12(11)16(2)13(10)14(17)18/h6-8H,3-5H2,1-2H3,(H,17,18). The lowest BCUT2D eigenvalue weighted by Crippen LogP contribution is -2.07. The highest BCUT2D eigenvalue weighted by Crippen LogP contribution is 2.29. The van der Waals surface area contributed by atoms with Crippen LogP contribution in [0.1, 0.15) is 35.8 Å². The van der Waals surface area contributed by atoms with Crippen LogP contribution in [0.25, 0.3) is 10.9 Å². The van der Waals surface area contributed by atoms with Crippen LogP contribution in [0.5, 0.6) is 0 Å². The first-order valence-corrected chi connectivity index (χ1v) is 6.44. The van der Waals surface area contributed by atoms with Crippen LogP contribution in [0.3, 0.4) is 0 Å². The van der Waals surface area contributed by atoms with E-state index < -0.39 is 5.97 Å². The van der Waals surface area contributed by atoms with E-state index in [0.29, 0.717) is 10.7 Å². The second-order valence-corrected chi connectivity index (χ2v) is 4.89. The van der Waals surface area contributed by atoms with E-state index in [4.69, 9.17) is 11.6 Å². The van der Waals surface area contributed by atoms with Gasteiger partial charge in [0.2, 0.25) is 0 Å². The maximum atomic E-state index is 11.4. The number of halogens is 1. The molecule has 0 radical (unpaired) electrons. The number of nitrogens with zero attached hydrogens (tertiary/aromatic N) is 1. The molecule has 0 aliphatic carbocycles. The lowest BCUT2D eigenvalue weighted by Gasteiger charge is -2.02. The zero-order valence-electron chi connectivity index (χ0n) is 10.5. The minimum atomic E-state index is -0.879. The van der Waals surface area contributed by atoms with Gasteiger partial charge in [0.05, 0.1) is 0 Å². The predicted octanol–water partition coefficient (Wildman–Crippen LogP) is 3.87. The van der Waals surface area contributed by atoms with Crippen LogP contribution in [0.15, 0.2) is 18.2 Å². The van der Waals surface area contributed by atoms with Crippen molar-refractivity contribution >= 4 is 28.5 Å². The highest BCUT2D eigenvalue weighted by atomic mass is 35.5. The summed E-state index contributed by atoms with van der Waals surface area (Å²) in [6.07, 6.45) is 2.79. The molecule has 2 aromatic rings. The second-order valence-electron chi connectivity index (χ2n) is 4.46. The van der Waals surface area contributed by atoms with Gasteiger partial charge in [-0.25, -0.2) is 4.79 Å². The number of rotatable bonds is 4. The highest BCUT2D eigenvalue weighted by molar-refractivity contribution is 6.31. The third kappa shape index (κ3) is 2.10. The number of aromatic nitrogens is 1. The Morgan fingerprint density at radius 3 is 2.78 bits per heavy atom. The second kappa shape index (κ2) is 5.02. The molecule has 0 bridgehead atoms. The summed E-state index contributed by atoms with van der Waals surface area (Å²) in [5, 5.41) is 11.0. The van der Waals surface area contributed by atoms with Crippen LogP contribution in [0.2, 0.25) is 5.02 Å². The molecule has 18 heavy (non-hydrogen) atoms. The molecular formula is C14H16ClNO2. The first-order chi connectivity index (χ1) is 8.56. The number of carboxylic acid groups (broad SMARTS) is 1. The molecule has 1 aromatic carbocycles. The van der Waals surface area contributed by atoms with Gasteiger partial charge in [-0.3, -0.25) is 0 Å². The Balaban J connectivity index is 2.71. The molecule has 4 heteroatoms. The summed E-state index contributed by atoms with van der Waals surface area (Å²) < 4.78 is 1.74. The molecule has 0 amide bonds. The van der Waals surface area contributed by atoms with Crippen molar-refractivity contribution in [3.63, 3.8) is 0 Å². The van der Waals surface area contributed by atoms with Crippen LogP contribution in [-0.4, -0.2) is 15.6 Å². The molecule has 2 rings (SSSR count). The number of benzene rings is 1. The fourth-order valence-electron chi connectivity index (χ4n) is 2.37. The minimum absolute atomic E-state index is 0.376. The summed E-state index contributed by atoms with van der Waals surface area (Å²) in [5.41, 5.74) is 2.19. The van der Waals surface area contributed by atoms with Crippen molar-refractivity contribution in [2.24, 2.45) is 7.05 Å². The van der Waals surface area contributed by atoms with Gasteiger partial charge >= 0.3 is 5.97 Å². The average molecular weight is 266 g/mol. The average Bonchev–Trinajstić information content (AvgIpc) is 2.59. The SMILES string of the molecule is CCCCc1c(C(=O)O)n(C)c2ccc(Cl)cc12. The fraction of sp³-hybridized carbons (Fsp3) is 0.357. The molecular weight excluding hydrogens is 250 g/mol. The van der Waals surface area contributed by atoms with Crippen molar-refractivity contribution in [1.29, 1.82) is 0 Å². The molecule has 0 atom stereocenters. The minimum Gasteiger partial charge on any atom is -0.477 e. The number of aryl methyl sites for hydroxylation is 2. The summed E-state index contributed by atoms with van der Waals surface area (Å²) in [5.74, 6) is -0.879. The normalized spacial score (nSPS) is 11.1. The van der Waals surface area contributed by atoms with E-state index in [1.807, 2.05) is 12.1 Å². The van der Waals surface area contributed by atoms with Crippen LogP contribution in [0, 0.1) is 0 Å². The van der Waals surface area contributed by atoms with Gasteiger partial charge in [0.1, 0.15) is 5.69 Å². The van der Waals surface area contributed by atoms with Crippen molar-refractivity contribution in [3.8, 4) is 0 Å². The highest BCUT2D eigenvalue weighted by Gasteiger charge is 2.19. The summed E-state index contributed by atoms with van der Waals surface area (Å²) >= 11 is 6.01. The number of carbonyl (C=O) groups is 1. The zero-order chi connectivity index (χ0) is 13.3. The molecule has 0 aliphatic heterocycles. The van der Waals surface area contributed by atoms with Crippen LogP contribution >= 0.6 is 11.6 Å². The first-order valence-electron chi connectivity index (χ1n) is 6.06. The number of hydrogen-bond donors (Lipinski definition) is 1. The van der Waals surface area contributed by atoms with E-state index in [1.165, 1.54) is 0 Å². The molecule has 0 unspecified atom stereocenters. The van der Waals surface area contributed by atoms with Gasteiger partial charge in [0.15, 0.2) is 0 Å². The molecule has 0 saturated carbocycles. The number of fused-ring (bicyclic) bond motifs is 1. The van der Waals surface area contributed by atoms with E-state index in [0.717, 1.165) is 35.7 Å². The number of hydrogen-bond acceptors (Lipinski definition) is 1. The lowest BCUT2D eigenvalue weighted by atomic mass is 10.0. The Hall–Kier alpha value is -1.48. The van der Waals surface area contributed by atoms with E-state index in [-0.39, 0.29) is 0 Å². The van der Waals surface area contributed by atoms with E-state index in [2.05, 4.69) is 6.92 Å². The number of aromatic carboxylic acids is 1. The molecule has 0 spiro atoms. The molecule has 3 nitrogen and oxygen atoms in total. The van der Waals surface area contributed by atoms with Gasteiger partial charge < -0.3 is 9.67 Å². The molecule has 96 valence electrons. The Kier molecular flexibility index (Phi) is 3.62. The Labute approximate surface area is 111 Å². The maximum absolute atomic E-state index is 11.4. The van der Waals surface area contributed by atoms with Gasteiger partial charge in [-0.2, -0.15) is 0 Å². The van der Waals surface area contributed by atoms with E-state index >= 15 is 0 Å². The van der Waals surface area contributed by atoms with E-state index in [1.54, 1.807) is 17.7 Å². The summed E-state index contributed by atoms with van der Waals surface area (Å²) in [4.78, 5) is 11.4. The topological polar surface area (TPSA) is 42.2 Å². The maximum Gasteiger partial charge on any atom is 0.352 e. The van der Waals surface area contributed by atoms with Gasteiger partial charge in [-0.15, -0.1) is 0 Å². The third-order valence-electron chi connectivity index (χ3n) is 3.25. The smallest absolute Gasteiger partial charge is 0.352 e.